The molecule has 0 aliphatic rings. The van der Waals surface area contributed by atoms with Crippen molar-refractivity contribution in [3.8, 4) is 0 Å². The molecule has 2 aromatic carbocycles. The SMILES string of the molecule is Nc1ccn(COC(COC(=O)c2ccccc2)c2ccccc2)c(=O)n1. The molecule has 3 rings (SSSR count). The molecule has 1 atom stereocenters. The van der Waals surface area contributed by atoms with Crippen LogP contribution in [-0.4, -0.2) is 22.1 Å². The predicted octanol–water partition coefficient (Wildman–Crippen LogP) is 2.40. The summed E-state index contributed by atoms with van der Waals surface area (Å²) >= 11 is 0. The van der Waals surface area contributed by atoms with E-state index < -0.39 is 17.8 Å². The van der Waals surface area contributed by atoms with E-state index in [1.165, 1.54) is 16.8 Å². The molecule has 0 spiro atoms. The highest BCUT2D eigenvalue weighted by molar-refractivity contribution is 5.89. The third-order valence-electron chi connectivity index (χ3n) is 3.86. The Bertz CT molecular complexity index is 942. The number of nitrogens with zero attached hydrogens (tertiary/aromatic N) is 2. The molecular weight excluding hydrogens is 346 g/mol. The number of rotatable bonds is 7. The van der Waals surface area contributed by atoms with Gasteiger partial charge in [-0.15, -0.1) is 0 Å². The van der Waals surface area contributed by atoms with Crippen molar-refractivity contribution in [2.45, 2.75) is 12.8 Å². The van der Waals surface area contributed by atoms with Crippen LogP contribution in [0.25, 0.3) is 0 Å². The van der Waals surface area contributed by atoms with Crippen LogP contribution in [0.3, 0.4) is 0 Å². The van der Waals surface area contributed by atoms with Crippen LogP contribution >= 0.6 is 0 Å². The topological polar surface area (TPSA) is 96.4 Å². The van der Waals surface area contributed by atoms with Gasteiger partial charge in [-0.2, -0.15) is 4.98 Å². The van der Waals surface area contributed by atoms with Crippen molar-refractivity contribution in [2.24, 2.45) is 0 Å². The summed E-state index contributed by atoms with van der Waals surface area (Å²) in [6.07, 6.45) is 0.964. The molecule has 1 aromatic heterocycles. The molecule has 0 aliphatic heterocycles. The van der Waals surface area contributed by atoms with E-state index in [-0.39, 0.29) is 19.2 Å². The lowest BCUT2D eigenvalue weighted by Gasteiger charge is -2.19. The van der Waals surface area contributed by atoms with E-state index in [1.54, 1.807) is 24.3 Å². The van der Waals surface area contributed by atoms with Gasteiger partial charge in [0.25, 0.3) is 0 Å². The third kappa shape index (κ3) is 5.02. The first-order valence-electron chi connectivity index (χ1n) is 8.35. The Balaban J connectivity index is 1.69. The molecule has 2 N–H and O–H groups in total. The van der Waals surface area contributed by atoms with E-state index in [0.717, 1.165) is 5.56 Å². The van der Waals surface area contributed by atoms with Crippen LogP contribution in [-0.2, 0) is 16.2 Å². The first-order valence-corrected chi connectivity index (χ1v) is 8.35. The van der Waals surface area contributed by atoms with Crippen molar-refractivity contribution >= 4 is 11.8 Å². The van der Waals surface area contributed by atoms with Gasteiger partial charge in [0, 0.05) is 6.20 Å². The lowest BCUT2D eigenvalue weighted by atomic mass is 10.1. The number of esters is 1. The lowest BCUT2D eigenvalue weighted by Crippen LogP contribution is -2.26. The minimum atomic E-state index is -0.539. The molecule has 0 amide bonds. The molecule has 0 saturated carbocycles. The summed E-state index contributed by atoms with van der Waals surface area (Å²) in [6, 6.07) is 19.6. The number of nitrogens with two attached hydrogens (primary N) is 1. The predicted molar refractivity (Wildman–Crippen MR) is 99.9 cm³/mol. The summed E-state index contributed by atoms with van der Waals surface area (Å²) in [5, 5.41) is 0. The number of carbonyl (C=O) groups excluding carboxylic acids is 1. The van der Waals surface area contributed by atoms with E-state index in [4.69, 9.17) is 15.2 Å². The van der Waals surface area contributed by atoms with Gasteiger partial charge < -0.3 is 15.2 Å². The average Bonchev–Trinajstić information content (AvgIpc) is 2.70. The van der Waals surface area contributed by atoms with Crippen LogP contribution in [0.15, 0.2) is 77.7 Å². The second-order valence-corrected chi connectivity index (χ2v) is 5.76. The number of aromatic nitrogens is 2. The monoisotopic (exact) mass is 365 g/mol. The number of benzene rings is 2. The Morgan fingerprint density at radius 3 is 2.37 bits per heavy atom. The number of nitrogen functional groups attached to an aromatic ring is 1. The Kier molecular flexibility index (Phi) is 5.96. The maximum Gasteiger partial charge on any atom is 0.351 e. The van der Waals surface area contributed by atoms with Crippen molar-refractivity contribution < 1.29 is 14.3 Å². The second kappa shape index (κ2) is 8.77. The van der Waals surface area contributed by atoms with Gasteiger partial charge in [0.05, 0.1) is 5.56 Å². The molecule has 7 heteroatoms. The van der Waals surface area contributed by atoms with E-state index in [1.807, 2.05) is 36.4 Å². The van der Waals surface area contributed by atoms with Crippen molar-refractivity contribution in [1.29, 1.82) is 0 Å². The summed E-state index contributed by atoms with van der Waals surface area (Å²) < 4.78 is 12.5. The molecule has 0 aliphatic carbocycles. The van der Waals surface area contributed by atoms with Crippen LogP contribution in [0.1, 0.15) is 22.0 Å². The van der Waals surface area contributed by atoms with Gasteiger partial charge >= 0.3 is 11.7 Å². The molecule has 0 fully saturated rings. The number of hydrogen-bond acceptors (Lipinski definition) is 6. The highest BCUT2D eigenvalue weighted by atomic mass is 16.6. The Labute approximate surface area is 156 Å². The smallest absolute Gasteiger partial charge is 0.351 e. The Morgan fingerprint density at radius 1 is 1.04 bits per heavy atom. The molecule has 27 heavy (non-hydrogen) atoms. The molecule has 0 bridgehead atoms. The number of hydrogen-bond donors (Lipinski definition) is 1. The average molecular weight is 365 g/mol. The molecule has 1 heterocycles. The van der Waals surface area contributed by atoms with Gasteiger partial charge in [0.2, 0.25) is 0 Å². The first-order chi connectivity index (χ1) is 13.1. The molecule has 3 aromatic rings. The van der Waals surface area contributed by atoms with Crippen molar-refractivity contribution in [3.63, 3.8) is 0 Å². The minimum Gasteiger partial charge on any atom is -0.459 e. The van der Waals surface area contributed by atoms with Gasteiger partial charge in [-0.25, -0.2) is 9.59 Å². The zero-order chi connectivity index (χ0) is 19.1. The largest absolute Gasteiger partial charge is 0.459 e. The second-order valence-electron chi connectivity index (χ2n) is 5.76. The van der Waals surface area contributed by atoms with Gasteiger partial charge in [0.1, 0.15) is 25.3 Å². The highest BCUT2D eigenvalue weighted by Crippen LogP contribution is 2.19. The summed E-state index contributed by atoms with van der Waals surface area (Å²) in [5.41, 5.74) is 6.27. The molecule has 0 radical (unpaired) electrons. The third-order valence-corrected chi connectivity index (χ3v) is 3.86. The maximum atomic E-state index is 12.2. The van der Waals surface area contributed by atoms with Crippen LogP contribution in [0.4, 0.5) is 5.82 Å². The zero-order valence-corrected chi connectivity index (χ0v) is 14.5. The van der Waals surface area contributed by atoms with Gasteiger partial charge in [-0.1, -0.05) is 48.5 Å². The number of anilines is 1. The number of carbonyl (C=O) groups is 1. The van der Waals surface area contributed by atoms with Crippen LogP contribution in [0.5, 0.6) is 0 Å². The molecule has 138 valence electrons. The summed E-state index contributed by atoms with van der Waals surface area (Å²) in [6.45, 7) is -0.0382. The van der Waals surface area contributed by atoms with E-state index in [0.29, 0.717) is 5.56 Å². The summed E-state index contributed by atoms with van der Waals surface area (Å²) in [5.74, 6) is -0.293. The van der Waals surface area contributed by atoms with Crippen molar-refractivity contribution in [2.75, 3.05) is 12.3 Å². The van der Waals surface area contributed by atoms with Gasteiger partial charge in [-0.05, 0) is 23.8 Å². The van der Waals surface area contributed by atoms with E-state index in [9.17, 15) is 9.59 Å². The number of ether oxygens (including phenoxy) is 2. The fourth-order valence-electron chi connectivity index (χ4n) is 2.43. The summed E-state index contributed by atoms with van der Waals surface area (Å²) in [4.78, 5) is 27.7. The maximum absolute atomic E-state index is 12.2. The van der Waals surface area contributed by atoms with Gasteiger partial charge in [-0.3, -0.25) is 4.57 Å². The molecule has 7 nitrogen and oxygen atoms in total. The quantitative estimate of drug-likeness (QED) is 0.646. The van der Waals surface area contributed by atoms with Crippen LogP contribution in [0, 0.1) is 0 Å². The zero-order valence-electron chi connectivity index (χ0n) is 14.5. The normalized spacial score (nSPS) is 11.7. The molecule has 0 saturated heterocycles. The Hall–Kier alpha value is -3.45. The fourth-order valence-corrected chi connectivity index (χ4v) is 2.43. The molecule has 1 unspecified atom stereocenters. The fraction of sp³-hybridized carbons (Fsp3) is 0.150. The van der Waals surface area contributed by atoms with E-state index >= 15 is 0 Å². The van der Waals surface area contributed by atoms with Crippen LogP contribution in [0.2, 0.25) is 0 Å². The standard InChI is InChI=1S/C20H19N3O4/c21-18-11-12-23(20(25)22-18)14-27-17(15-7-3-1-4-8-15)13-26-19(24)16-9-5-2-6-10-16/h1-12,17H,13-14H2,(H2,21,22,25). The van der Waals surface area contributed by atoms with Crippen LogP contribution < -0.4 is 11.4 Å². The van der Waals surface area contributed by atoms with E-state index in [2.05, 4.69) is 4.98 Å². The van der Waals surface area contributed by atoms with Gasteiger partial charge in [0.15, 0.2) is 0 Å². The minimum absolute atomic E-state index is 0.00882. The Morgan fingerprint density at radius 2 is 1.70 bits per heavy atom. The lowest BCUT2D eigenvalue weighted by molar-refractivity contribution is -0.0376. The summed E-state index contributed by atoms with van der Waals surface area (Å²) in [7, 11) is 0. The van der Waals surface area contributed by atoms with Crippen molar-refractivity contribution in [1.82, 2.24) is 9.55 Å². The molecular formula is C20H19N3O4. The highest BCUT2D eigenvalue weighted by Gasteiger charge is 2.16. The van der Waals surface area contributed by atoms with Crippen molar-refractivity contribution in [3.05, 3.63) is 94.5 Å². The first kappa shape index (κ1) is 18.3.